The summed E-state index contributed by atoms with van der Waals surface area (Å²) in [6, 6.07) is 10.8. The summed E-state index contributed by atoms with van der Waals surface area (Å²) in [7, 11) is 1.60. The number of fused-ring (bicyclic) bond motifs is 1. The van der Waals surface area contributed by atoms with Crippen molar-refractivity contribution in [3.05, 3.63) is 42.0 Å². The van der Waals surface area contributed by atoms with Gasteiger partial charge in [0.05, 0.1) is 13.2 Å². The van der Waals surface area contributed by atoms with Crippen LogP contribution in [0.5, 0.6) is 23.0 Å². The molecule has 0 bridgehead atoms. The van der Waals surface area contributed by atoms with Gasteiger partial charge in [-0.25, -0.2) is 0 Å². The lowest BCUT2D eigenvalue weighted by molar-refractivity contribution is 0.174. The summed E-state index contributed by atoms with van der Waals surface area (Å²) in [6.07, 6.45) is 0. The molecule has 0 aromatic heterocycles. The van der Waals surface area contributed by atoms with E-state index in [2.05, 4.69) is 5.32 Å². The Morgan fingerprint density at radius 2 is 1.95 bits per heavy atom. The number of anilines is 1. The second-order valence-electron chi connectivity index (χ2n) is 4.86. The Balaban J connectivity index is 1.81. The van der Waals surface area contributed by atoms with E-state index in [1.54, 1.807) is 19.2 Å². The van der Waals surface area contributed by atoms with Crippen LogP contribution in [0, 0.1) is 0 Å². The van der Waals surface area contributed by atoms with Crippen molar-refractivity contribution in [2.45, 2.75) is 13.0 Å². The minimum absolute atomic E-state index is 0.0829. The van der Waals surface area contributed by atoms with Crippen molar-refractivity contribution in [2.24, 2.45) is 0 Å². The van der Waals surface area contributed by atoms with Gasteiger partial charge in [0, 0.05) is 17.3 Å². The zero-order chi connectivity index (χ0) is 14.8. The van der Waals surface area contributed by atoms with Gasteiger partial charge in [0.1, 0.15) is 11.5 Å². The molecule has 0 saturated carbocycles. The summed E-state index contributed by atoms with van der Waals surface area (Å²) in [6.45, 7) is 2.23. The van der Waals surface area contributed by atoms with Gasteiger partial charge in [0.15, 0.2) is 11.5 Å². The first-order valence-corrected chi connectivity index (χ1v) is 6.70. The summed E-state index contributed by atoms with van der Waals surface area (Å²) in [5.41, 5.74) is 1.67. The van der Waals surface area contributed by atoms with Crippen molar-refractivity contribution < 1.29 is 19.3 Å². The van der Waals surface area contributed by atoms with Crippen molar-refractivity contribution >= 4 is 5.69 Å². The van der Waals surface area contributed by atoms with E-state index in [4.69, 9.17) is 14.2 Å². The third kappa shape index (κ3) is 2.67. The standard InChI is InChI=1S/C16H17NO4/c1-10(13-8-12(19-2)4-5-14(13)18)17-11-3-6-15-16(7-11)21-9-20-15/h3-8,10,17-18H,9H2,1-2H3. The normalized spacial score (nSPS) is 13.8. The van der Waals surface area contributed by atoms with Crippen LogP contribution >= 0.6 is 0 Å². The van der Waals surface area contributed by atoms with Crippen molar-refractivity contribution in [2.75, 3.05) is 19.2 Å². The summed E-state index contributed by atoms with van der Waals surface area (Å²) in [5.74, 6) is 2.41. The molecule has 0 amide bonds. The van der Waals surface area contributed by atoms with E-state index in [0.717, 1.165) is 22.7 Å². The highest BCUT2D eigenvalue weighted by molar-refractivity contribution is 5.57. The minimum atomic E-state index is -0.0829. The molecule has 2 aromatic carbocycles. The highest BCUT2D eigenvalue weighted by atomic mass is 16.7. The SMILES string of the molecule is COc1ccc(O)c(C(C)Nc2ccc3c(c2)OCO3)c1. The number of ether oxygens (including phenoxy) is 3. The summed E-state index contributed by atoms with van der Waals surface area (Å²) in [5, 5.41) is 13.3. The number of aromatic hydroxyl groups is 1. The first-order chi connectivity index (χ1) is 10.2. The van der Waals surface area contributed by atoms with Gasteiger partial charge in [0.25, 0.3) is 0 Å². The number of hydrogen-bond acceptors (Lipinski definition) is 5. The zero-order valence-corrected chi connectivity index (χ0v) is 11.9. The number of methoxy groups -OCH3 is 1. The molecule has 1 heterocycles. The Hall–Kier alpha value is -2.56. The van der Waals surface area contributed by atoms with Crippen LogP contribution in [0.3, 0.4) is 0 Å². The predicted molar refractivity (Wildman–Crippen MR) is 79.3 cm³/mol. The lowest BCUT2D eigenvalue weighted by Gasteiger charge is -2.18. The summed E-state index contributed by atoms with van der Waals surface area (Å²) >= 11 is 0. The number of rotatable bonds is 4. The van der Waals surface area contributed by atoms with Gasteiger partial charge in [-0.1, -0.05) is 0 Å². The molecular formula is C16H17NO4. The van der Waals surface area contributed by atoms with Crippen LogP contribution in [0.15, 0.2) is 36.4 Å². The van der Waals surface area contributed by atoms with Gasteiger partial charge in [-0.15, -0.1) is 0 Å². The van der Waals surface area contributed by atoms with Crippen LogP contribution in [0.1, 0.15) is 18.5 Å². The smallest absolute Gasteiger partial charge is 0.231 e. The van der Waals surface area contributed by atoms with Crippen LogP contribution in [-0.4, -0.2) is 19.0 Å². The molecule has 5 nitrogen and oxygen atoms in total. The van der Waals surface area contributed by atoms with Crippen LogP contribution in [-0.2, 0) is 0 Å². The summed E-state index contributed by atoms with van der Waals surface area (Å²) < 4.78 is 15.8. The zero-order valence-electron chi connectivity index (χ0n) is 11.9. The van der Waals surface area contributed by atoms with Crippen LogP contribution in [0.4, 0.5) is 5.69 Å². The Morgan fingerprint density at radius 3 is 2.76 bits per heavy atom. The quantitative estimate of drug-likeness (QED) is 0.903. The fraction of sp³-hybridized carbons (Fsp3) is 0.250. The van der Waals surface area contributed by atoms with Gasteiger partial charge in [-0.05, 0) is 37.3 Å². The first-order valence-electron chi connectivity index (χ1n) is 6.70. The van der Waals surface area contributed by atoms with Crippen molar-refractivity contribution in [1.82, 2.24) is 0 Å². The first kappa shape index (κ1) is 13.4. The number of benzene rings is 2. The lowest BCUT2D eigenvalue weighted by Crippen LogP contribution is -2.07. The Labute approximate surface area is 123 Å². The van der Waals surface area contributed by atoms with E-state index in [1.807, 2.05) is 31.2 Å². The Morgan fingerprint density at radius 1 is 1.14 bits per heavy atom. The molecule has 21 heavy (non-hydrogen) atoms. The molecule has 2 N–H and O–H groups in total. The molecule has 3 rings (SSSR count). The van der Waals surface area contributed by atoms with E-state index < -0.39 is 0 Å². The van der Waals surface area contributed by atoms with E-state index in [-0.39, 0.29) is 18.6 Å². The molecule has 0 radical (unpaired) electrons. The molecule has 1 atom stereocenters. The van der Waals surface area contributed by atoms with Gasteiger partial charge in [-0.2, -0.15) is 0 Å². The van der Waals surface area contributed by atoms with E-state index in [9.17, 15) is 5.11 Å². The summed E-state index contributed by atoms with van der Waals surface area (Å²) in [4.78, 5) is 0. The van der Waals surface area contributed by atoms with Crippen LogP contribution in [0.2, 0.25) is 0 Å². The predicted octanol–water partition coefficient (Wildman–Crippen LogP) is 3.30. The number of nitrogens with one attached hydrogen (secondary N) is 1. The van der Waals surface area contributed by atoms with E-state index in [0.29, 0.717) is 5.75 Å². The van der Waals surface area contributed by atoms with Gasteiger partial charge < -0.3 is 24.6 Å². The van der Waals surface area contributed by atoms with Crippen LogP contribution < -0.4 is 19.5 Å². The molecule has 0 fully saturated rings. The van der Waals surface area contributed by atoms with Crippen LogP contribution in [0.25, 0.3) is 0 Å². The fourth-order valence-electron chi connectivity index (χ4n) is 2.32. The molecule has 5 heteroatoms. The maximum absolute atomic E-state index is 9.99. The monoisotopic (exact) mass is 287 g/mol. The number of hydrogen-bond donors (Lipinski definition) is 2. The molecule has 2 aromatic rings. The third-order valence-corrected chi connectivity index (χ3v) is 3.46. The van der Waals surface area contributed by atoms with E-state index in [1.165, 1.54) is 0 Å². The highest BCUT2D eigenvalue weighted by Crippen LogP contribution is 2.36. The minimum Gasteiger partial charge on any atom is -0.508 e. The van der Waals surface area contributed by atoms with Gasteiger partial charge in [-0.3, -0.25) is 0 Å². The molecule has 0 spiro atoms. The second kappa shape index (κ2) is 5.44. The average Bonchev–Trinajstić information content (AvgIpc) is 2.95. The fourth-order valence-corrected chi connectivity index (χ4v) is 2.32. The van der Waals surface area contributed by atoms with Gasteiger partial charge >= 0.3 is 0 Å². The van der Waals surface area contributed by atoms with Crippen molar-refractivity contribution in [3.8, 4) is 23.0 Å². The lowest BCUT2D eigenvalue weighted by atomic mass is 10.1. The largest absolute Gasteiger partial charge is 0.508 e. The molecule has 0 aliphatic carbocycles. The topological polar surface area (TPSA) is 60.0 Å². The molecule has 0 saturated heterocycles. The molecular weight excluding hydrogens is 270 g/mol. The van der Waals surface area contributed by atoms with E-state index >= 15 is 0 Å². The molecule has 1 unspecified atom stereocenters. The van der Waals surface area contributed by atoms with Crippen molar-refractivity contribution in [3.63, 3.8) is 0 Å². The highest BCUT2D eigenvalue weighted by Gasteiger charge is 2.16. The number of phenolic OH excluding ortho intramolecular Hbond substituents is 1. The average molecular weight is 287 g/mol. The Kier molecular flexibility index (Phi) is 3.48. The molecule has 1 aliphatic heterocycles. The maximum atomic E-state index is 9.99. The molecule has 110 valence electrons. The molecule has 1 aliphatic rings. The van der Waals surface area contributed by atoms with Gasteiger partial charge in [0.2, 0.25) is 6.79 Å². The third-order valence-electron chi connectivity index (χ3n) is 3.46. The number of phenols is 1. The van der Waals surface area contributed by atoms with Crippen molar-refractivity contribution in [1.29, 1.82) is 0 Å². The Bertz CT molecular complexity index is 657. The maximum Gasteiger partial charge on any atom is 0.231 e. The second-order valence-corrected chi connectivity index (χ2v) is 4.86.